The molecule has 1 aromatic heterocycles. The first-order valence-corrected chi connectivity index (χ1v) is 9.78. The van der Waals surface area contributed by atoms with Crippen LogP contribution in [-0.2, 0) is 0 Å². The maximum Gasteiger partial charge on any atom is 0.232 e. The van der Waals surface area contributed by atoms with Crippen molar-refractivity contribution < 1.29 is 9.47 Å². The van der Waals surface area contributed by atoms with Crippen molar-refractivity contribution in [1.29, 1.82) is 0 Å². The lowest BCUT2D eigenvalue weighted by atomic mass is 10.2. The Bertz CT molecular complexity index is 910. The Balaban J connectivity index is 1.21. The number of hydrogen-bond donors (Lipinski definition) is 0. The summed E-state index contributed by atoms with van der Waals surface area (Å²) >= 11 is 0. The van der Waals surface area contributed by atoms with E-state index in [2.05, 4.69) is 31.9 Å². The normalized spacial score (nSPS) is 15.0. The number of fused-ring (bicyclic) bond motifs is 1. The lowest BCUT2D eigenvalue weighted by molar-refractivity contribution is 0.221. The second-order valence-electron chi connectivity index (χ2n) is 6.90. The van der Waals surface area contributed by atoms with E-state index in [-0.39, 0.29) is 0 Å². The van der Waals surface area contributed by atoms with E-state index in [1.165, 1.54) is 5.69 Å². The second kappa shape index (κ2) is 8.89. The van der Waals surface area contributed by atoms with Crippen LogP contribution in [0, 0.1) is 0 Å². The van der Waals surface area contributed by atoms with Crippen molar-refractivity contribution in [3.63, 3.8) is 0 Å². The predicted octanol–water partition coefficient (Wildman–Crippen LogP) is 3.23. The summed E-state index contributed by atoms with van der Waals surface area (Å²) in [5, 5.41) is 0. The molecule has 0 amide bonds. The first kappa shape index (κ1) is 18.5. The van der Waals surface area contributed by atoms with Crippen molar-refractivity contribution in [2.45, 2.75) is 6.42 Å². The third-order valence-electron chi connectivity index (χ3n) is 5.09. The average Bonchev–Trinajstić information content (AvgIpc) is 2.77. The van der Waals surface area contributed by atoms with Crippen molar-refractivity contribution in [2.75, 3.05) is 51.3 Å². The van der Waals surface area contributed by atoms with Gasteiger partial charge in [0.05, 0.1) is 36.6 Å². The lowest BCUT2D eigenvalue weighted by Crippen LogP contribution is -2.46. The fourth-order valence-corrected chi connectivity index (χ4v) is 3.58. The lowest BCUT2D eigenvalue weighted by Gasteiger charge is -2.36. The van der Waals surface area contributed by atoms with Gasteiger partial charge in [0.2, 0.25) is 5.88 Å². The molecular weight excluding hydrogens is 352 g/mol. The minimum atomic E-state index is 0.597. The van der Waals surface area contributed by atoms with Crippen LogP contribution in [-0.4, -0.2) is 61.3 Å². The SMILES string of the molecule is COc1ccccc1N1CCN(CCCOc2cnc3ccccc3n2)CC1. The van der Waals surface area contributed by atoms with Gasteiger partial charge in [-0.15, -0.1) is 0 Å². The largest absolute Gasteiger partial charge is 0.495 e. The zero-order chi connectivity index (χ0) is 19.2. The molecule has 0 unspecified atom stereocenters. The molecule has 146 valence electrons. The van der Waals surface area contributed by atoms with Gasteiger partial charge in [-0.2, -0.15) is 0 Å². The monoisotopic (exact) mass is 378 g/mol. The second-order valence-corrected chi connectivity index (χ2v) is 6.90. The number of nitrogens with zero attached hydrogens (tertiary/aromatic N) is 4. The highest BCUT2D eigenvalue weighted by Crippen LogP contribution is 2.28. The summed E-state index contributed by atoms with van der Waals surface area (Å²) in [7, 11) is 1.73. The van der Waals surface area contributed by atoms with Crippen LogP contribution >= 0.6 is 0 Å². The summed E-state index contributed by atoms with van der Waals surface area (Å²) in [5.41, 5.74) is 2.94. The molecule has 0 N–H and O–H groups in total. The molecule has 2 aromatic carbocycles. The van der Waals surface area contributed by atoms with E-state index in [0.29, 0.717) is 12.5 Å². The molecule has 28 heavy (non-hydrogen) atoms. The number of ether oxygens (including phenoxy) is 2. The van der Waals surface area contributed by atoms with E-state index in [1.807, 2.05) is 36.4 Å². The molecule has 0 radical (unpaired) electrons. The van der Waals surface area contributed by atoms with E-state index in [1.54, 1.807) is 13.3 Å². The molecule has 1 fully saturated rings. The molecule has 3 aromatic rings. The Morgan fingerprint density at radius 3 is 2.50 bits per heavy atom. The number of piperazine rings is 1. The number of benzene rings is 2. The van der Waals surface area contributed by atoms with E-state index in [4.69, 9.17) is 9.47 Å². The van der Waals surface area contributed by atoms with Gasteiger partial charge < -0.3 is 14.4 Å². The molecule has 6 nitrogen and oxygen atoms in total. The molecule has 1 saturated heterocycles. The van der Waals surface area contributed by atoms with Crippen molar-refractivity contribution >= 4 is 16.7 Å². The van der Waals surface area contributed by atoms with Crippen LogP contribution in [0.3, 0.4) is 0 Å². The molecule has 0 saturated carbocycles. The van der Waals surface area contributed by atoms with Crippen molar-refractivity contribution in [1.82, 2.24) is 14.9 Å². The Morgan fingerprint density at radius 1 is 0.929 bits per heavy atom. The van der Waals surface area contributed by atoms with Gasteiger partial charge in [-0.3, -0.25) is 4.90 Å². The summed E-state index contributed by atoms with van der Waals surface area (Å²) in [5.74, 6) is 1.54. The van der Waals surface area contributed by atoms with Gasteiger partial charge in [0.1, 0.15) is 5.75 Å². The van der Waals surface area contributed by atoms with Crippen LogP contribution in [0.25, 0.3) is 11.0 Å². The maximum atomic E-state index is 5.80. The Kier molecular flexibility index (Phi) is 5.87. The highest BCUT2D eigenvalue weighted by Gasteiger charge is 2.19. The van der Waals surface area contributed by atoms with Crippen molar-refractivity contribution in [2.24, 2.45) is 0 Å². The van der Waals surface area contributed by atoms with Crippen LogP contribution in [0.15, 0.2) is 54.7 Å². The first-order chi connectivity index (χ1) is 13.8. The van der Waals surface area contributed by atoms with Crippen molar-refractivity contribution in [3.8, 4) is 11.6 Å². The fraction of sp³-hybridized carbons (Fsp3) is 0.364. The smallest absolute Gasteiger partial charge is 0.232 e. The molecule has 0 atom stereocenters. The highest BCUT2D eigenvalue weighted by molar-refractivity contribution is 5.73. The standard InChI is InChI=1S/C22H26N4O2/c1-27-21-10-5-4-9-20(21)26-14-12-25(13-15-26)11-6-16-28-22-17-23-18-7-2-3-8-19(18)24-22/h2-5,7-10,17H,6,11-16H2,1H3. The van der Waals surface area contributed by atoms with Crippen LogP contribution in [0.2, 0.25) is 0 Å². The van der Waals surface area contributed by atoms with Crippen molar-refractivity contribution in [3.05, 3.63) is 54.7 Å². The molecular formula is C22H26N4O2. The van der Waals surface area contributed by atoms with Gasteiger partial charge in [0.15, 0.2) is 0 Å². The third kappa shape index (κ3) is 4.34. The minimum Gasteiger partial charge on any atom is -0.495 e. The first-order valence-electron chi connectivity index (χ1n) is 9.78. The summed E-state index contributed by atoms with van der Waals surface area (Å²) in [4.78, 5) is 13.8. The number of aromatic nitrogens is 2. The van der Waals surface area contributed by atoms with Crippen LogP contribution in [0.4, 0.5) is 5.69 Å². The Labute approximate surface area is 165 Å². The highest BCUT2D eigenvalue weighted by atomic mass is 16.5. The molecule has 2 heterocycles. The molecule has 1 aliphatic rings. The fourth-order valence-electron chi connectivity index (χ4n) is 3.58. The topological polar surface area (TPSA) is 50.7 Å². The molecule has 4 rings (SSSR count). The van der Waals surface area contributed by atoms with Gasteiger partial charge >= 0.3 is 0 Å². The molecule has 0 spiro atoms. The summed E-state index contributed by atoms with van der Waals surface area (Å²) in [6, 6.07) is 16.1. The van der Waals surface area contributed by atoms with Crippen LogP contribution in [0.1, 0.15) is 6.42 Å². The van der Waals surface area contributed by atoms with E-state index >= 15 is 0 Å². The van der Waals surface area contributed by atoms with E-state index in [0.717, 1.165) is 55.9 Å². The maximum absolute atomic E-state index is 5.80. The van der Waals surface area contributed by atoms with Crippen LogP contribution in [0.5, 0.6) is 11.6 Å². The van der Waals surface area contributed by atoms with E-state index in [9.17, 15) is 0 Å². The molecule has 0 aliphatic carbocycles. The number of anilines is 1. The van der Waals surface area contributed by atoms with Crippen LogP contribution < -0.4 is 14.4 Å². The number of methoxy groups -OCH3 is 1. The predicted molar refractivity (Wildman–Crippen MR) is 111 cm³/mol. The Hall–Kier alpha value is -2.86. The third-order valence-corrected chi connectivity index (χ3v) is 5.09. The molecule has 1 aliphatic heterocycles. The zero-order valence-corrected chi connectivity index (χ0v) is 16.3. The minimum absolute atomic E-state index is 0.597. The van der Waals surface area contributed by atoms with Gasteiger partial charge in [-0.1, -0.05) is 24.3 Å². The molecule has 6 heteroatoms. The van der Waals surface area contributed by atoms with E-state index < -0.39 is 0 Å². The summed E-state index contributed by atoms with van der Waals surface area (Å²) in [6.07, 6.45) is 2.68. The number of rotatable bonds is 7. The number of para-hydroxylation sites is 4. The number of hydrogen-bond acceptors (Lipinski definition) is 6. The average molecular weight is 378 g/mol. The summed E-state index contributed by atoms with van der Waals surface area (Å²) in [6.45, 7) is 5.80. The van der Waals surface area contributed by atoms with Gasteiger partial charge in [0, 0.05) is 32.7 Å². The van der Waals surface area contributed by atoms with Gasteiger partial charge in [0.25, 0.3) is 0 Å². The van der Waals surface area contributed by atoms with Gasteiger partial charge in [-0.05, 0) is 30.7 Å². The Morgan fingerprint density at radius 2 is 1.68 bits per heavy atom. The quantitative estimate of drug-likeness (QED) is 0.589. The zero-order valence-electron chi connectivity index (χ0n) is 16.3. The van der Waals surface area contributed by atoms with Gasteiger partial charge in [-0.25, -0.2) is 9.97 Å². The molecule has 0 bridgehead atoms. The summed E-state index contributed by atoms with van der Waals surface area (Å²) < 4.78 is 11.3.